The van der Waals surface area contributed by atoms with Gasteiger partial charge in [0.1, 0.15) is 0 Å². The summed E-state index contributed by atoms with van der Waals surface area (Å²) in [6, 6.07) is 13.3. The Morgan fingerprint density at radius 3 is 2.46 bits per heavy atom. The molecule has 28 heavy (non-hydrogen) atoms. The van der Waals surface area contributed by atoms with Gasteiger partial charge in [-0.2, -0.15) is 0 Å². The molecule has 5 nitrogen and oxygen atoms in total. The molecule has 0 bridgehead atoms. The number of rotatable bonds is 6. The Morgan fingerprint density at radius 2 is 1.86 bits per heavy atom. The SMILES string of the molecule is CCN(CC)c1ccc(NC(=O)C2CC(=O)N(c3ccc(Cl)cc3C)C2)cc1. The lowest BCUT2D eigenvalue weighted by molar-refractivity contribution is -0.122. The molecule has 1 aliphatic heterocycles. The zero-order chi connectivity index (χ0) is 20.3. The number of nitrogens with one attached hydrogen (secondary N) is 1. The first-order valence-corrected chi connectivity index (χ1v) is 10.0. The van der Waals surface area contributed by atoms with Gasteiger partial charge < -0.3 is 15.1 Å². The first-order valence-electron chi connectivity index (χ1n) is 9.65. The van der Waals surface area contributed by atoms with E-state index in [4.69, 9.17) is 11.6 Å². The first kappa shape index (κ1) is 20.2. The molecule has 1 aliphatic rings. The predicted octanol–water partition coefficient (Wildman–Crippen LogP) is 4.49. The second-order valence-electron chi connectivity index (χ2n) is 7.04. The van der Waals surface area contributed by atoms with Crippen molar-refractivity contribution in [1.29, 1.82) is 0 Å². The molecule has 1 N–H and O–H groups in total. The molecule has 2 amide bonds. The van der Waals surface area contributed by atoms with Crippen LogP contribution in [0, 0.1) is 12.8 Å². The average molecular weight is 400 g/mol. The van der Waals surface area contributed by atoms with Gasteiger partial charge in [0.15, 0.2) is 0 Å². The van der Waals surface area contributed by atoms with Gasteiger partial charge in [-0.15, -0.1) is 0 Å². The number of halogens is 1. The van der Waals surface area contributed by atoms with Crippen LogP contribution in [0.3, 0.4) is 0 Å². The van der Waals surface area contributed by atoms with E-state index in [1.165, 1.54) is 0 Å². The number of carbonyl (C=O) groups is 2. The van der Waals surface area contributed by atoms with Crippen molar-refractivity contribution in [2.24, 2.45) is 5.92 Å². The van der Waals surface area contributed by atoms with E-state index < -0.39 is 0 Å². The molecule has 2 aromatic carbocycles. The minimum atomic E-state index is -0.370. The highest BCUT2D eigenvalue weighted by atomic mass is 35.5. The molecule has 6 heteroatoms. The molecule has 1 fully saturated rings. The number of amides is 2. The molecule has 1 saturated heterocycles. The molecule has 0 saturated carbocycles. The van der Waals surface area contributed by atoms with Gasteiger partial charge in [0.05, 0.1) is 5.92 Å². The number of hydrogen-bond donors (Lipinski definition) is 1. The summed E-state index contributed by atoms with van der Waals surface area (Å²) in [5.74, 6) is -0.537. The molecule has 0 aliphatic carbocycles. The fraction of sp³-hybridized carbons (Fsp3) is 0.364. The van der Waals surface area contributed by atoms with Gasteiger partial charge in [0, 0.05) is 48.1 Å². The van der Waals surface area contributed by atoms with E-state index in [0.717, 1.165) is 35.7 Å². The summed E-state index contributed by atoms with van der Waals surface area (Å²) in [5, 5.41) is 3.58. The fourth-order valence-electron chi connectivity index (χ4n) is 3.63. The Labute approximate surface area is 171 Å². The Morgan fingerprint density at radius 1 is 1.18 bits per heavy atom. The van der Waals surface area contributed by atoms with E-state index in [9.17, 15) is 9.59 Å². The van der Waals surface area contributed by atoms with Crippen LogP contribution in [0.25, 0.3) is 0 Å². The minimum Gasteiger partial charge on any atom is -0.372 e. The van der Waals surface area contributed by atoms with E-state index in [-0.39, 0.29) is 24.2 Å². The van der Waals surface area contributed by atoms with Crippen LogP contribution in [0.2, 0.25) is 5.02 Å². The summed E-state index contributed by atoms with van der Waals surface area (Å²) in [7, 11) is 0. The lowest BCUT2D eigenvalue weighted by Gasteiger charge is -2.21. The van der Waals surface area contributed by atoms with Gasteiger partial charge in [-0.1, -0.05) is 11.6 Å². The molecule has 2 aromatic rings. The monoisotopic (exact) mass is 399 g/mol. The highest BCUT2D eigenvalue weighted by molar-refractivity contribution is 6.30. The molecule has 148 valence electrons. The minimum absolute atomic E-state index is 0.0394. The van der Waals surface area contributed by atoms with E-state index in [1.807, 2.05) is 43.3 Å². The van der Waals surface area contributed by atoms with Crippen LogP contribution in [0.15, 0.2) is 42.5 Å². The summed E-state index contributed by atoms with van der Waals surface area (Å²) >= 11 is 6.01. The number of anilines is 3. The molecule has 1 atom stereocenters. The highest BCUT2D eigenvalue weighted by Gasteiger charge is 2.35. The van der Waals surface area contributed by atoms with Crippen LogP contribution < -0.4 is 15.1 Å². The van der Waals surface area contributed by atoms with Crippen LogP contribution >= 0.6 is 11.6 Å². The van der Waals surface area contributed by atoms with Crippen molar-refractivity contribution in [2.45, 2.75) is 27.2 Å². The number of hydrogen-bond acceptors (Lipinski definition) is 3. The molecule has 1 unspecified atom stereocenters. The predicted molar refractivity (Wildman–Crippen MR) is 115 cm³/mol. The maximum Gasteiger partial charge on any atom is 0.229 e. The van der Waals surface area contributed by atoms with E-state index in [0.29, 0.717) is 11.6 Å². The van der Waals surface area contributed by atoms with Crippen molar-refractivity contribution in [3.05, 3.63) is 53.1 Å². The van der Waals surface area contributed by atoms with Crippen molar-refractivity contribution in [2.75, 3.05) is 34.8 Å². The Hall–Kier alpha value is -2.53. The van der Waals surface area contributed by atoms with Crippen molar-refractivity contribution in [1.82, 2.24) is 0 Å². The van der Waals surface area contributed by atoms with Crippen molar-refractivity contribution >= 4 is 40.5 Å². The van der Waals surface area contributed by atoms with Crippen LogP contribution in [0.5, 0.6) is 0 Å². The zero-order valence-corrected chi connectivity index (χ0v) is 17.3. The zero-order valence-electron chi connectivity index (χ0n) is 16.5. The number of nitrogens with zero attached hydrogens (tertiary/aromatic N) is 2. The van der Waals surface area contributed by atoms with Crippen LogP contribution in [-0.4, -0.2) is 31.4 Å². The third kappa shape index (κ3) is 4.30. The first-order chi connectivity index (χ1) is 13.4. The summed E-state index contributed by atoms with van der Waals surface area (Å²) in [4.78, 5) is 29.1. The molecular formula is C22H26ClN3O2. The number of carbonyl (C=O) groups excluding carboxylic acids is 2. The Bertz CT molecular complexity index is 863. The standard InChI is InChI=1S/C22H26ClN3O2/c1-4-25(5-2)19-9-7-18(8-10-19)24-22(28)16-13-21(27)26(14-16)20-11-6-17(23)12-15(20)3/h6-12,16H,4-5,13-14H2,1-3H3,(H,24,28). The third-order valence-corrected chi connectivity index (χ3v) is 5.44. The molecule has 3 rings (SSSR count). The van der Waals surface area contributed by atoms with Crippen LogP contribution in [0.4, 0.5) is 17.1 Å². The van der Waals surface area contributed by atoms with E-state index in [1.54, 1.807) is 11.0 Å². The normalized spacial score (nSPS) is 16.4. The smallest absolute Gasteiger partial charge is 0.229 e. The maximum atomic E-state index is 12.7. The maximum absolute atomic E-state index is 12.7. The van der Waals surface area contributed by atoms with Gasteiger partial charge in [0.25, 0.3) is 0 Å². The fourth-order valence-corrected chi connectivity index (χ4v) is 3.85. The Balaban J connectivity index is 1.66. The second-order valence-corrected chi connectivity index (χ2v) is 7.48. The van der Waals surface area contributed by atoms with Crippen molar-refractivity contribution in [3.8, 4) is 0 Å². The topological polar surface area (TPSA) is 52.7 Å². The van der Waals surface area contributed by atoms with Gasteiger partial charge in [-0.25, -0.2) is 0 Å². The summed E-state index contributed by atoms with van der Waals surface area (Å²) in [6.07, 6.45) is 0.214. The Kier molecular flexibility index (Phi) is 6.25. The van der Waals surface area contributed by atoms with Gasteiger partial charge in [0.2, 0.25) is 11.8 Å². The molecule has 0 spiro atoms. The van der Waals surface area contributed by atoms with E-state index in [2.05, 4.69) is 24.1 Å². The largest absolute Gasteiger partial charge is 0.372 e. The van der Waals surface area contributed by atoms with E-state index >= 15 is 0 Å². The highest BCUT2D eigenvalue weighted by Crippen LogP contribution is 2.30. The van der Waals surface area contributed by atoms with Crippen LogP contribution in [0.1, 0.15) is 25.8 Å². The third-order valence-electron chi connectivity index (χ3n) is 5.21. The lowest BCUT2D eigenvalue weighted by Crippen LogP contribution is -2.28. The van der Waals surface area contributed by atoms with Gasteiger partial charge in [-0.05, 0) is 68.8 Å². The molecule has 1 heterocycles. The van der Waals surface area contributed by atoms with Crippen molar-refractivity contribution in [3.63, 3.8) is 0 Å². The summed E-state index contributed by atoms with van der Waals surface area (Å²) < 4.78 is 0. The summed E-state index contributed by atoms with van der Waals surface area (Å²) in [6.45, 7) is 8.40. The summed E-state index contributed by atoms with van der Waals surface area (Å²) in [5.41, 5.74) is 3.61. The number of aryl methyl sites for hydroxylation is 1. The van der Waals surface area contributed by atoms with Crippen LogP contribution in [-0.2, 0) is 9.59 Å². The molecule has 0 aromatic heterocycles. The van der Waals surface area contributed by atoms with Gasteiger partial charge in [-0.3, -0.25) is 9.59 Å². The molecular weight excluding hydrogens is 374 g/mol. The van der Waals surface area contributed by atoms with Gasteiger partial charge >= 0.3 is 0 Å². The average Bonchev–Trinajstić information content (AvgIpc) is 3.06. The second kappa shape index (κ2) is 8.65. The van der Waals surface area contributed by atoms with Crippen molar-refractivity contribution < 1.29 is 9.59 Å². The lowest BCUT2D eigenvalue weighted by atomic mass is 10.1. The molecule has 0 radical (unpaired) electrons. The number of benzene rings is 2. The quantitative estimate of drug-likeness (QED) is 0.778.